The maximum Gasteiger partial charge on any atom is 0.409 e. The molecule has 2 aliphatic heterocycles. The van der Waals surface area contributed by atoms with Gasteiger partial charge in [0.1, 0.15) is 6.10 Å². The molecule has 27 heavy (non-hydrogen) atoms. The predicted molar refractivity (Wildman–Crippen MR) is 97.8 cm³/mol. The Morgan fingerprint density at radius 2 is 1.96 bits per heavy atom. The molecule has 3 heterocycles. The van der Waals surface area contributed by atoms with Crippen LogP contribution >= 0.6 is 0 Å². The minimum absolute atomic E-state index is 0.0429. The van der Waals surface area contributed by atoms with E-state index in [0.29, 0.717) is 57.2 Å². The SMILES string of the molecule is CCOC(=O)N1CCC(NC(=O)c2ccc(OC3CCOCC3)nc2)CC1. The maximum absolute atomic E-state index is 12.4. The number of carbonyl (C=O) groups excluding carboxylic acids is 2. The van der Waals surface area contributed by atoms with Crippen LogP contribution in [-0.4, -0.2) is 66.9 Å². The third kappa shape index (κ3) is 5.56. The van der Waals surface area contributed by atoms with Crippen LogP contribution in [0.4, 0.5) is 4.79 Å². The smallest absolute Gasteiger partial charge is 0.409 e. The largest absolute Gasteiger partial charge is 0.474 e. The van der Waals surface area contributed by atoms with Crippen LogP contribution in [0.15, 0.2) is 18.3 Å². The second-order valence-electron chi connectivity index (χ2n) is 6.75. The summed E-state index contributed by atoms with van der Waals surface area (Å²) in [5.74, 6) is 0.371. The number of ether oxygens (including phenoxy) is 3. The molecule has 0 atom stereocenters. The van der Waals surface area contributed by atoms with Crippen LogP contribution in [0, 0.1) is 0 Å². The monoisotopic (exact) mass is 377 g/mol. The van der Waals surface area contributed by atoms with Crippen molar-refractivity contribution in [3.05, 3.63) is 23.9 Å². The molecule has 3 rings (SSSR count). The van der Waals surface area contributed by atoms with Gasteiger partial charge in [-0.15, -0.1) is 0 Å². The lowest BCUT2D eigenvalue weighted by Gasteiger charge is -2.31. The molecule has 0 aromatic carbocycles. The highest BCUT2D eigenvalue weighted by atomic mass is 16.6. The number of pyridine rings is 1. The summed E-state index contributed by atoms with van der Waals surface area (Å²) in [5.41, 5.74) is 0.502. The molecule has 2 fully saturated rings. The lowest BCUT2D eigenvalue weighted by Crippen LogP contribution is -2.46. The van der Waals surface area contributed by atoms with Gasteiger partial charge >= 0.3 is 6.09 Å². The molecule has 1 aromatic heterocycles. The maximum atomic E-state index is 12.4. The van der Waals surface area contributed by atoms with E-state index in [1.165, 1.54) is 6.20 Å². The number of nitrogens with zero attached hydrogens (tertiary/aromatic N) is 2. The number of rotatable bonds is 5. The summed E-state index contributed by atoms with van der Waals surface area (Å²) in [6, 6.07) is 3.50. The van der Waals surface area contributed by atoms with Crippen molar-refractivity contribution in [3.8, 4) is 5.88 Å². The Balaban J connectivity index is 1.45. The van der Waals surface area contributed by atoms with Gasteiger partial charge in [-0.3, -0.25) is 4.79 Å². The van der Waals surface area contributed by atoms with E-state index in [2.05, 4.69) is 10.3 Å². The van der Waals surface area contributed by atoms with Crippen LogP contribution in [0.3, 0.4) is 0 Å². The molecule has 2 amide bonds. The van der Waals surface area contributed by atoms with E-state index >= 15 is 0 Å². The van der Waals surface area contributed by atoms with E-state index in [4.69, 9.17) is 14.2 Å². The minimum Gasteiger partial charge on any atom is -0.474 e. The van der Waals surface area contributed by atoms with Crippen molar-refractivity contribution >= 4 is 12.0 Å². The molecule has 1 aromatic rings. The minimum atomic E-state index is -0.286. The first-order chi connectivity index (χ1) is 13.2. The average Bonchev–Trinajstić information content (AvgIpc) is 2.70. The van der Waals surface area contributed by atoms with E-state index in [9.17, 15) is 9.59 Å². The van der Waals surface area contributed by atoms with Gasteiger partial charge < -0.3 is 24.4 Å². The normalized spacial score (nSPS) is 18.8. The fourth-order valence-corrected chi connectivity index (χ4v) is 3.24. The van der Waals surface area contributed by atoms with Crippen LogP contribution in [0.5, 0.6) is 5.88 Å². The topological polar surface area (TPSA) is 90.0 Å². The third-order valence-corrected chi connectivity index (χ3v) is 4.81. The Bertz CT molecular complexity index is 623. The van der Waals surface area contributed by atoms with Gasteiger partial charge in [-0.05, 0) is 25.8 Å². The highest BCUT2D eigenvalue weighted by Gasteiger charge is 2.25. The number of carbonyl (C=O) groups is 2. The number of nitrogens with one attached hydrogen (secondary N) is 1. The van der Waals surface area contributed by atoms with Crippen LogP contribution in [0.25, 0.3) is 0 Å². The standard InChI is InChI=1S/C19H27N3O5/c1-2-26-19(24)22-9-5-15(6-10-22)21-18(23)14-3-4-17(20-13-14)27-16-7-11-25-12-8-16/h3-4,13,15-16H,2,5-12H2,1H3,(H,21,23). The van der Waals surface area contributed by atoms with E-state index in [-0.39, 0.29) is 24.1 Å². The van der Waals surface area contributed by atoms with Gasteiger partial charge in [0, 0.05) is 44.2 Å². The second-order valence-corrected chi connectivity index (χ2v) is 6.75. The van der Waals surface area contributed by atoms with Crippen LogP contribution in [0.2, 0.25) is 0 Å². The molecule has 8 heteroatoms. The number of aromatic nitrogens is 1. The first kappa shape index (κ1) is 19.4. The van der Waals surface area contributed by atoms with Crippen molar-refractivity contribution < 1.29 is 23.8 Å². The Labute approximate surface area is 159 Å². The quantitative estimate of drug-likeness (QED) is 0.844. The lowest BCUT2D eigenvalue weighted by molar-refractivity contribution is 0.0237. The summed E-state index contributed by atoms with van der Waals surface area (Å²) in [4.78, 5) is 30.1. The molecule has 0 aliphatic carbocycles. The summed E-state index contributed by atoms with van der Waals surface area (Å²) >= 11 is 0. The van der Waals surface area contributed by atoms with Crippen molar-refractivity contribution in [1.29, 1.82) is 0 Å². The molecular weight excluding hydrogens is 350 g/mol. The summed E-state index contributed by atoms with van der Waals surface area (Å²) in [5, 5.41) is 3.01. The number of hydrogen-bond donors (Lipinski definition) is 1. The van der Waals surface area contributed by atoms with Gasteiger partial charge in [0.2, 0.25) is 5.88 Å². The zero-order chi connectivity index (χ0) is 19.1. The van der Waals surface area contributed by atoms with E-state index < -0.39 is 0 Å². The van der Waals surface area contributed by atoms with Crippen LogP contribution in [-0.2, 0) is 9.47 Å². The van der Waals surface area contributed by atoms with Gasteiger partial charge in [0.05, 0.1) is 25.4 Å². The molecule has 8 nitrogen and oxygen atoms in total. The Morgan fingerprint density at radius 1 is 1.22 bits per heavy atom. The van der Waals surface area contributed by atoms with Gasteiger partial charge in [-0.25, -0.2) is 9.78 Å². The van der Waals surface area contributed by atoms with Crippen molar-refractivity contribution in [2.75, 3.05) is 32.9 Å². The second kappa shape index (κ2) is 9.55. The molecular formula is C19H27N3O5. The average molecular weight is 377 g/mol. The molecule has 0 radical (unpaired) electrons. The Morgan fingerprint density at radius 3 is 2.59 bits per heavy atom. The van der Waals surface area contributed by atoms with E-state index in [1.54, 1.807) is 24.0 Å². The predicted octanol–water partition coefficient (Wildman–Crippen LogP) is 1.99. The molecule has 0 spiro atoms. The molecule has 0 unspecified atom stereocenters. The number of likely N-dealkylation sites (tertiary alicyclic amines) is 1. The van der Waals surface area contributed by atoms with Gasteiger partial charge in [-0.1, -0.05) is 0 Å². The summed E-state index contributed by atoms with van der Waals surface area (Å²) in [6.45, 7) is 4.75. The molecule has 0 bridgehead atoms. The molecule has 0 saturated carbocycles. The molecule has 148 valence electrons. The number of piperidine rings is 1. The highest BCUT2D eigenvalue weighted by molar-refractivity contribution is 5.94. The molecule has 1 N–H and O–H groups in total. The first-order valence-corrected chi connectivity index (χ1v) is 9.58. The lowest BCUT2D eigenvalue weighted by atomic mass is 10.0. The highest BCUT2D eigenvalue weighted by Crippen LogP contribution is 2.17. The molecule has 2 aliphatic rings. The zero-order valence-corrected chi connectivity index (χ0v) is 15.7. The van der Waals surface area contributed by atoms with E-state index in [1.807, 2.05) is 0 Å². The third-order valence-electron chi connectivity index (χ3n) is 4.81. The zero-order valence-electron chi connectivity index (χ0n) is 15.7. The van der Waals surface area contributed by atoms with E-state index in [0.717, 1.165) is 12.8 Å². The van der Waals surface area contributed by atoms with Crippen LogP contribution < -0.4 is 10.1 Å². The van der Waals surface area contributed by atoms with Gasteiger partial charge in [0.25, 0.3) is 5.91 Å². The van der Waals surface area contributed by atoms with Gasteiger partial charge in [-0.2, -0.15) is 0 Å². The Hall–Kier alpha value is -2.35. The molecule has 2 saturated heterocycles. The fourth-order valence-electron chi connectivity index (χ4n) is 3.24. The van der Waals surface area contributed by atoms with Crippen molar-refractivity contribution in [1.82, 2.24) is 15.2 Å². The van der Waals surface area contributed by atoms with Crippen molar-refractivity contribution in [2.45, 2.75) is 44.8 Å². The van der Waals surface area contributed by atoms with Crippen molar-refractivity contribution in [2.24, 2.45) is 0 Å². The van der Waals surface area contributed by atoms with Crippen LogP contribution in [0.1, 0.15) is 43.0 Å². The van der Waals surface area contributed by atoms with Crippen molar-refractivity contribution in [3.63, 3.8) is 0 Å². The summed E-state index contributed by atoms with van der Waals surface area (Å²) < 4.78 is 16.1. The van der Waals surface area contributed by atoms with Gasteiger partial charge in [0.15, 0.2) is 0 Å². The number of amides is 2. The number of hydrogen-bond acceptors (Lipinski definition) is 6. The fraction of sp³-hybridized carbons (Fsp3) is 0.632. The summed E-state index contributed by atoms with van der Waals surface area (Å²) in [6.07, 6.45) is 4.51. The summed E-state index contributed by atoms with van der Waals surface area (Å²) in [7, 11) is 0. The Kier molecular flexibility index (Phi) is 6.86. The first-order valence-electron chi connectivity index (χ1n) is 9.58.